The number of benzene rings is 1. The largest absolute Gasteiger partial charge is 0.496 e. The summed E-state index contributed by atoms with van der Waals surface area (Å²) in [7, 11) is 3.82. The Morgan fingerprint density at radius 1 is 1.24 bits per heavy atom. The van der Waals surface area contributed by atoms with Gasteiger partial charge in [0.05, 0.1) is 13.2 Å². The van der Waals surface area contributed by atoms with Crippen LogP contribution in [0.4, 0.5) is 0 Å². The smallest absolute Gasteiger partial charge is 0.123 e. The Balaban J connectivity index is 2.36. The Labute approximate surface area is 129 Å². The van der Waals surface area contributed by atoms with Gasteiger partial charge in [0.2, 0.25) is 0 Å². The fourth-order valence-electron chi connectivity index (χ4n) is 3.72. The second-order valence-electron chi connectivity index (χ2n) is 6.22. The number of likely N-dealkylation sites (N-methyl/N-ethyl adjacent to an activating group) is 1. The summed E-state index contributed by atoms with van der Waals surface area (Å²) in [5.74, 6) is 0.980. The van der Waals surface area contributed by atoms with Crippen molar-refractivity contribution in [1.29, 1.82) is 0 Å². The van der Waals surface area contributed by atoms with Crippen molar-refractivity contribution in [1.82, 2.24) is 10.2 Å². The third-order valence-corrected chi connectivity index (χ3v) is 5.15. The molecule has 3 nitrogen and oxygen atoms in total. The topological polar surface area (TPSA) is 24.5 Å². The highest BCUT2D eigenvalue weighted by molar-refractivity contribution is 5.38. The number of nitrogens with one attached hydrogen (secondary N) is 1. The van der Waals surface area contributed by atoms with Crippen LogP contribution in [0, 0.1) is 0 Å². The van der Waals surface area contributed by atoms with Crippen molar-refractivity contribution in [2.24, 2.45) is 0 Å². The molecule has 21 heavy (non-hydrogen) atoms. The Bertz CT molecular complexity index is 443. The molecule has 1 aromatic rings. The van der Waals surface area contributed by atoms with E-state index in [1.54, 1.807) is 7.11 Å². The summed E-state index contributed by atoms with van der Waals surface area (Å²) in [6.45, 7) is 7.11. The number of likely N-dealkylation sites (tertiary alicyclic amines) is 1. The van der Waals surface area contributed by atoms with Gasteiger partial charge < -0.3 is 10.1 Å². The molecule has 1 heterocycles. The van der Waals surface area contributed by atoms with Crippen molar-refractivity contribution in [3.05, 3.63) is 29.8 Å². The van der Waals surface area contributed by atoms with E-state index in [1.165, 1.54) is 37.9 Å². The standard InChI is InChI=1S/C18H30N2O/c1-5-18(2,20-13-9-6-10-14-20)17(19-3)15-11-7-8-12-16(15)21-4/h7-8,11-12,17,19H,5-6,9-10,13-14H2,1-4H3. The minimum atomic E-state index is 0.115. The summed E-state index contributed by atoms with van der Waals surface area (Å²) in [6.07, 6.45) is 5.13. The SMILES string of the molecule is CCC(C)(C(NC)c1ccccc1OC)N1CCCCC1. The average Bonchev–Trinajstić information content (AvgIpc) is 2.56. The molecule has 1 saturated heterocycles. The predicted molar refractivity (Wildman–Crippen MR) is 88.9 cm³/mol. The Kier molecular flexibility index (Phi) is 5.65. The Hall–Kier alpha value is -1.06. The molecule has 2 rings (SSSR count). The van der Waals surface area contributed by atoms with Crippen LogP contribution < -0.4 is 10.1 Å². The molecule has 1 N–H and O–H groups in total. The van der Waals surface area contributed by atoms with E-state index in [0.717, 1.165) is 12.2 Å². The number of ether oxygens (including phenoxy) is 1. The number of methoxy groups -OCH3 is 1. The van der Waals surface area contributed by atoms with Gasteiger partial charge in [0, 0.05) is 11.1 Å². The van der Waals surface area contributed by atoms with Crippen molar-refractivity contribution >= 4 is 0 Å². The molecule has 0 aliphatic carbocycles. The van der Waals surface area contributed by atoms with Gasteiger partial charge in [0.15, 0.2) is 0 Å². The van der Waals surface area contributed by atoms with Gasteiger partial charge in [-0.2, -0.15) is 0 Å². The second-order valence-corrected chi connectivity index (χ2v) is 6.22. The monoisotopic (exact) mass is 290 g/mol. The number of para-hydroxylation sites is 1. The average molecular weight is 290 g/mol. The number of rotatable bonds is 6. The highest BCUT2D eigenvalue weighted by atomic mass is 16.5. The van der Waals surface area contributed by atoms with Crippen molar-refractivity contribution in [2.45, 2.75) is 51.1 Å². The molecule has 0 saturated carbocycles. The van der Waals surface area contributed by atoms with Gasteiger partial charge in [-0.15, -0.1) is 0 Å². The van der Waals surface area contributed by atoms with Crippen molar-refractivity contribution in [3.8, 4) is 5.75 Å². The van der Waals surface area contributed by atoms with Crippen LogP contribution in [0.25, 0.3) is 0 Å². The molecule has 1 aliphatic rings. The lowest BCUT2D eigenvalue weighted by Crippen LogP contribution is -2.55. The van der Waals surface area contributed by atoms with E-state index in [-0.39, 0.29) is 11.6 Å². The number of hydrogen-bond acceptors (Lipinski definition) is 3. The molecule has 1 aromatic carbocycles. The number of nitrogens with zero attached hydrogens (tertiary/aromatic N) is 1. The van der Waals surface area contributed by atoms with Crippen molar-refractivity contribution < 1.29 is 4.74 Å². The Morgan fingerprint density at radius 3 is 2.48 bits per heavy atom. The first-order valence-electron chi connectivity index (χ1n) is 8.22. The molecule has 0 aromatic heterocycles. The molecule has 1 aliphatic heterocycles. The highest BCUT2D eigenvalue weighted by Gasteiger charge is 2.39. The first-order chi connectivity index (χ1) is 10.2. The molecule has 3 heteroatoms. The third-order valence-electron chi connectivity index (χ3n) is 5.15. The molecule has 0 bridgehead atoms. The first kappa shape index (κ1) is 16.3. The van der Waals surface area contributed by atoms with E-state index in [1.807, 2.05) is 6.07 Å². The summed E-state index contributed by atoms with van der Waals surface area (Å²) in [6, 6.07) is 8.68. The van der Waals surface area contributed by atoms with E-state index < -0.39 is 0 Å². The molecule has 1 fully saturated rings. The predicted octanol–water partition coefficient (Wildman–Crippen LogP) is 3.61. The summed E-state index contributed by atoms with van der Waals surface area (Å²) in [4.78, 5) is 2.67. The highest BCUT2D eigenvalue weighted by Crippen LogP contribution is 2.39. The van der Waals surface area contributed by atoms with E-state index in [2.05, 4.69) is 49.3 Å². The third kappa shape index (κ3) is 3.24. The van der Waals surface area contributed by atoms with Gasteiger partial charge in [-0.3, -0.25) is 4.90 Å². The molecular weight excluding hydrogens is 260 g/mol. The van der Waals surface area contributed by atoms with Crippen molar-refractivity contribution in [3.63, 3.8) is 0 Å². The zero-order valence-electron chi connectivity index (χ0n) is 14.0. The van der Waals surface area contributed by atoms with Gasteiger partial charge in [-0.25, -0.2) is 0 Å². The van der Waals surface area contributed by atoms with E-state index >= 15 is 0 Å². The summed E-state index contributed by atoms with van der Waals surface area (Å²) >= 11 is 0. The normalized spacial score (nSPS) is 20.8. The molecule has 118 valence electrons. The molecule has 2 atom stereocenters. The second kappa shape index (κ2) is 7.28. The summed E-state index contributed by atoms with van der Waals surface area (Å²) < 4.78 is 5.60. The zero-order chi connectivity index (χ0) is 15.3. The zero-order valence-corrected chi connectivity index (χ0v) is 14.0. The lowest BCUT2D eigenvalue weighted by Gasteiger charge is -2.48. The van der Waals surface area contributed by atoms with Crippen LogP contribution in [0.2, 0.25) is 0 Å². The summed E-state index contributed by atoms with van der Waals surface area (Å²) in [5, 5.41) is 3.56. The molecule has 0 amide bonds. The fraction of sp³-hybridized carbons (Fsp3) is 0.667. The van der Waals surface area contributed by atoms with Gasteiger partial charge >= 0.3 is 0 Å². The maximum atomic E-state index is 5.60. The van der Waals surface area contributed by atoms with Crippen LogP contribution in [0.1, 0.15) is 51.1 Å². The minimum Gasteiger partial charge on any atom is -0.496 e. The molecular formula is C18H30N2O. The van der Waals surface area contributed by atoms with Crippen LogP contribution >= 0.6 is 0 Å². The van der Waals surface area contributed by atoms with Gasteiger partial charge in [-0.1, -0.05) is 31.5 Å². The van der Waals surface area contributed by atoms with Crippen LogP contribution in [0.5, 0.6) is 5.75 Å². The lowest BCUT2D eigenvalue weighted by molar-refractivity contribution is 0.0441. The molecule has 2 unspecified atom stereocenters. The van der Waals surface area contributed by atoms with E-state index in [9.17, 15) is 0 Å². The van der Waals surface area contributed by atoms with E-state index in [0.29, 0.717) is 0 Å². The number of hydrogen-bond donors (Lipinski definition) is 1. The van der Waals surface area contributed by atoms with Gasteiger partial charge in [0.25, 0.3) is 0 Å². The Morgan fingerprint density at radius 2 is 1.90 bits per heavy atom. The molecule has 0 radical (unpaired) electrons. The maximum absolute atomic E-state index is 5.60. The maximum Gasteiger partial charge on any atom is 0.123 e. The van der Waals surface area contributed by atoms with Crippen LogP contribution in [0.3, 0.4) is 0 Å². The van der Waals surface area contributed by atoms with Crippen LogP contribution in [-0.2, 0) is 0 Å². The lowest BCUT2D eigenvalue weighted by atomic mass is 9.81. The van der Waals surface area contributed by atoms with E-state index in [4.69, 9.17) is 4.74 Å². The van der Waals surface area contributed by atoms with Gasteiger partial charge in [-0.05, 0) is 52.4 Å². The number of piperidine rings is 1. The quantitative estimate of drug-likeness (QED) is 0.866. The van der Waals surface area contributed by atoms with Crippen LogP contribution in [0.15, 0.2) is 24.3 Å². The van der Waals surface area contributed by atoms with Gasteiger partial charge in [0.1, 0.15) is 5.75 Å². The molecule has 0 spiro atoms. The minimum absolute atomic E-state index is 0.115. The first-order valence-corrected chi connectivity index (χ1v) is 8.22. The van der Waals surface area contributed by atoms with Crippen LogP contribution in [-0.4, -0.2) is 37.7 Å². The fourth-order valence-corrected chi connectivity index (χ4v) is 3.72. The van der Waals surface area contributed by atoms with Crippen molar-refractivity contribution in [2.75, 3.05) is 27.2 Å². The summed E-state index contributed by atoms with van der Waals surface area (Å²) in [5.41, 5.74) is 1.38.